The van der Waals surface area contributed by atoms with Crippen molar-refractivity contribution in [2.75, 3.05) is 5.73 Å². The molecular weight excluding hydrogens is 437 g/mol. The van der Waals surface area contributed by atoms with Crippen LogP contribution in [0.3, 0.4) is 0 Å². The van der Waals surface area contributed by atoms with Gasteiger partial charge >= 0.3 is 0 Å². The summed E-state index contributed by atoms with van der Waals surface area (Å²) in [5, 5.41) is 0. The molecule has 0 aliphatic carbocycles. The molecule has 0 unspecified atom stereocenters. The van der Waals surface area contributed by atoms with E-state index in [0.29, 0.717) is 0 Å². The number of nitrogens with one attached hydrogen (secondary N) is 2. The first kappa shape index (κ1) is 20.1. The summed E-state index contributed by atoms with van der Waals surface area (Å²) in [6.45, 7) is 0. The molecule has 32 heavy (non-hydrogen) atoms. The number of benzene rings is 1. The van der Waals surface area contributed by atoms with E-state index in [4.69, 9.17) is 10.7 Å². The number of nitrogens with zero attached hydrogens (tertiary/aromatic N) is 2. The number of H-pyrrole nitrogens is 2. The van der Waals surface area contributed by atoms with Crippen LogP contribution in [0, 0.1) is 6.07 Å². The minimum Gasteiger partial charge on any atom is -0.410 e. The zero-order valence-electron chi connectivity index (χ0n) is 16.9. The second kappa shape index (κ2) is 8.00. The summed E-state index contributed by atoms with van der Waals surface area (Å²) < 4.78 is 0. The molecule has 2 aliphatic rings. The van der Waals surface area contributed by atoms with Gasteiger partial charge in [-0.15, -0.1) is 11.6 Å². The van der Waals surface area contributed by atoms with Gasteiger partial charge < -0.3 is 15.7 Å². The number of aromatic amines is 2. The average Bonchev–Trinajstić information content (AvgIpc) is 3.54. The van der Waals surface area contributed by atoms with E-state index < -0.39 is 0 Å². The maximum atomic E-state index is 5.88. The second-order valence-electron chi connectivity index (χ2n) is 7.61. The molecule has 0 saturated carbocycles. The monoisotopic (exact) mass is 455 g/mol. The molecule has 0 saturated heterocycles. The van der Waals surface area contributed by atoms with Gasteiger partial charge in [0.2, 0.25) is 0 Å². The summed E-state index contributed by atoms with van der Waals surface area (Å²) in [7, 11) is 0. The molecule has 3 aromatic heterocycles. The Kier molecular flexibility index (Phi) is 5.02. The third-order valence-electron chi connectivity index (χ3n) is 5.29. The maximum absolute atomic E-state index is 5.88. The van der Waals surface area contributed by atoms with E-state index in [0.717, 1.165) is 61.7 Å². The van der Waals surface area contributed by atoms with E-state index in [2.05, 4.69) is 21.0 Å². The van der Waals surface area contributed by atoms with Gasteiger partial charge in [-0.1, -0.05) is 35.3 Å². The fourth-order valence-corrected chi connectivity index (χ4v) is 3.82. The van der Waals surface area contributed by atoms with Gasteiger partial charge in [-0.25, -0.2) is 9.97 Å². The van der Waals surface area contributed by atoms with Crippen LogP contribution in [0.25, 0.3) is 57.5 Å². The Balaban J connectivity index is 0.00000216. The fourth-order valence-electron chi connectivity index (χ4n) is 3.82. The molecule has 1 radical (unpaired) electrons. The van der Waals surface area contributed by atoms with Gasteiger partial charge in [0, 0.05) is 28.3 Å². The molecule has 0 spiro atoms. The zero-order chi connectivity index (χ0) is 20.8. The van der Waals surface area contributed by atoms with Crippen molar-refractivity contribution >= 4 is 52.1 Å². The van der Waals surface area contributed by atoms with Crippen LogP contribution in [0.1, 0.15) is 22.8 Å². The number of fused-ring (bicyclic) bond motifs is 8. The molecule has 0 atom stereocenters. The first-order valence-electron chi connectivity index (χ1n) is 10.0. The van der Waals surface area contributed by atoms with Crippen LogP contribution in [-0.2, 0) is 17.1 Å². The molecule has 8 bridgehead atoms. The van der Waals surface area contributed by atoms with Crippen molar-refractivity contribution < 1.29 is 17.1 Å². The molecular formula is C26H18MnN5-. The molecule has 4 N–H and O–H groups in total. The van der Waals surface area contributed by atoms with E-state index >= 15 is 0 Å². The van der Waals surface area contributed by atoms with Gasteiger partial charge in [-0.2, -0.15) is 0 Å². The number of nitrogen functional groups attached to an aromatic ring is 1. The van der Waals surface area contributed by atoms with Crippen molar-refractivity contribution in [2.45, 2.75) is 0 Å². The Morgan fingerprint density at radius 2 is 1.25 bits per heavy atom. The predicted octanol–water partition coefficient (Wildman–Crippen LogP) is 5.70. The molecule has 5 nitrogen and oxygen atoms in total. The van der Waals surface area contributed by atoms with E-state index in [1.807, 2.05) is 85.0 Å². The Morgan fingerprint density at radius 1 is 0.656 bits per heavy atom. The Hall–Kier alpha value is -3.86. The van der Waals surface area contributed by atoms with Crippen LogP contribution >= 0.6 is 0 Å². The van der Waals surface area contributed by atoms with E-state index in [1.165, 1.54) is 0 Å². The van der Waals surface area contributed by atoms with Crippen LogP contribution < -0.4 is 5.73 Å². The molecule has 1 aromatic carbocycles. The van der Waals surface area contributed by atoms with Crippen LogP contribution in [-0.4, -0.2) is 19.9 Å². The Morgan fingerprint density at radius 3 is 1.94 bits per heavy atom. The normalized spacial score (nSPS) is 12.0. The topological polar surface area (TPSA) is 83.4 Å². The molecule has 6 rings (SSSR count). The number of hydrogen-bond donors (Lipinski definition) is 3. The minimum atomic E-state index is 0. The number of rotatable bonds is 1. The van der Waals surface area contributed by atoms with E-state index in [1.54, 1.807) is 0 Å². The third kappa shape index (κ3) is 3.89. The molecule has 0 amide bonds. The molecule has 155 valence electrons. The molecule has 6 heteroatoms. The predicted molar refractivity (Wildman–Crippen MR) is 128 cm³/mol. The van der Waals surface area contributed by atoms with Gasteiger partial charge in [-0.05, 0) is 71.7 Å². The summed E-state index contributed by atoms with van der Waals surface area (Å²) in [5.41, 5.74) is 16.0. The Labute approximate surface area is 195 Å². The van der Waals surface area contributed by atoms with Crippen molar-refractivity contribution in [3.8, 4) is 11.1 Å². The van der Waals surface area contributed by atoms with Crippen LogP contribution in [0.2, 0.25) is 0 Å². The fraction of sp³-hybridized carbons (Fsp3) is 0. The molecule has 4 aromatic rings. The summed E-state index contributed by atoms with van der Waals surface area (Å²) in [6, 6.07) is 23.5. The molecule has 5 heterocycles. The smallest absolute Gasteiger partial charge is 0.0659 e. The van der Waals surface area contributed by atoms with Gasteiger partial charge in [-0.3, -0.25) is 0 Å². The zero-order valence-corrected chi connectivity index (χ0v) is 18.1. The van der Waals surface area contributed by atoms with Crippen molar-refractivity contribution in [3.63, 3.8) is 0 Å². The van der Waals surface area contributed by atoms with Gasteiger partial charge in [0.15, 0.2) is 0 Å². The number of aromatic nitrogens is 4. The Bertz CT molecular complexity index is 1540. The van der Waals surface area contributed by atoms with Gasteiger partial charge in [0.1, 0.15) is 0 Å². The van der Waals surface area contributed by atoms with Crippen molar-refractivity contribution in [1.82, 2.24) is 19.9 Å². The summed E-state index contributed by atoms with van der Waals surface area (Å²) >= 11 is 0. The SMILES string of the molecule is Nc1ccc(-c2[c-]c3cc4ccc(cc5nc(cc6nc(cc2[nH]3)C=C6)C=C5)[nH]4)cc1.[Mn]. The number of hydrogen-bond acceptors (Lipinski definition) is 3. The van der Waals surface area contributed by atoms with Crippen LogP contribution in [0.15, 0.2) is 60.7 Å². The van der Waals surface area contributed by atoms with Crippen molar-refractivity contribution in [3.05, 3.63) is 89.5 Å². The first-order chi connectivity index (χ1) is 15.2. The number of nitrogens with two attached hydrogens (primary N) is 1. The number of anilines is 1. The van der Waals surface area contributed by atoms with Gasteiger partial charge in [0.05, 0.1) is 22.8 Å². The first-order valence-corrected chi connectivity index (χ1v) is 10.0. The summed E-state index contributed by atoms with van der Waals surface area (Å²) in [4.78, 5) is 16.3. The molecule has 2 aliphatic heterocycles. The van der Waals surface area contributed by atoms with Crippen molar-refractivity contribution in [2.24, 2.45) is 0 Å². The quantitative estimate of drug-likeness (QED) is 0.169. The van der Waals surface area contributed by atoms with Crippen molar-refractivity contribution in [1.29, 1.82) is 0 Å². The van der Waals surface area contributed by atoms with Gasteiger partial charge in [0.25, 0.3) is 0 Å². The van der Waals surface area contributed by atoms with E-state index in [9.17, 15) is 0 Å². The standard InChI is InChI=1S/C26H18N5.Mn/c27-17-3-1-16(2-4-17)25-14-24-13-22-8-7-20(29-22)11-18-5-6-19(28-18)12-21-9-10-23(30-21)15-26(25)31-24;/h1-13,15,29,31H,27H2;/q-1;. The summed E-state index contributed by atoms with van der Waals surface area (Å²) in [6.07, 6.45) is 8.02. The van der Waals surface area contributed by atoms with Crippen LogP contribution in [0.5, 0.6) is 0 Å². The average molecular weight is 455 g/mol. The minimum absolute atomic E-state index is 0. The maximum Gasteiger partial charge on any atom is 0.0659 e. The van der Waals surface area contributed by atoms with E-state index in [-0.39, 0.29) is 17.1 Å². The summed E-state index contributed by atoms with van der Waals surface area (Å²) in [5.74, 6) is 0. The third-order valence-corrected chi connectivity index (χ3v) is 5.29. The molecule has 0 fully saturated rings. The second-order valence-corrected chi connectivity index (χ2v) is 7.61. The van der Waals surface area contributed by atoms with Crippen LogP contribution in [0.4, 0.5) is 5.69 Å². The largest absolute Gasteiger partial charge is 0.410 e.